The molecule has 1 aromatic carbocycles. The van der Waals surface area contributed by atoms with Gasteiger partial charge in [0.05, 0.1) is 31.5 Å². The first-order valence-electron chi connectivity index (χ1n) is 7.89. The second-order valence-corrected chi connectivity index (χ2v) is 5.40. The first kappa shape index (κ1) is 19.6. The van der Waals surface area contributed by atoms with Crippen molar-refractivity contribution in [1.82, 2.24) is 0 Å². The zero-order valence-electron chi connectivity index (χ0n) is 14.2. The first-order valence-corrected chi connectivity index (χ1v) is 7.89. The SMILES string of the molecule is CCOC(=O)CC(C(=O)OCC)[C@H](C[N+](=O)[O-])c1ccc(C)cc1. The molecule has 0 aromatic heterocycles. The summed E-state index contributed by atoms with van der Waals surface area (Å²) in [5.41, 5.74) is 1.62. The number of carbonyl (C=O) groups is 2. The molecule has 0 N–H and O–H groups in total. The van der Waals surface area contributed by atoms with Crippen molar-refractivity contribution in [1.29, 1.82) is 0 Å². The second-order valence-electron chi connectivity index (χ2n) is 5.40. The number of benzene rings is 1. The Morgan fingerprint density at radius 3 is 2.21 bits per heavy atom. The standard InChI is InChI=1S/C17H23NO6/c1-4-23-16(19)10-14(17(20)24-5-2)15(11-18(21)22)13-8-6-12(3)7-9-13/h6-9,14-15H,4-5,10-11H2,1-3H3/t14?,15-/m1/s1. The van der Waals surface area contributed by atoms with Crippen LogP contribution in [0.4, 0.5) is 0 Å². The predicted octanol–water partition coefficient (Wildman–Crippen LogP) is 2.49. The molecule has 0 saturated heterocycles. The lowest BCUT2D eigenvalue weighted by Gasteiger charge is -2.22. The Kier molecular flexibility index (Phi) is 7.88. The molecule has 1 unspecified atom stereocenters. The van der Waals surface area contributed by atoms with Gasteiger partial charge in [-0.2, -0.15) is 0 Å². The van der Waals surface area contributed by atoms with Crippen LogP contribution in [0.1, 0.15) is 37.3 Å². The van der Waals surface area contributed by atoms with E-state index in [2.05, 4.69) is 0 Å². The van der Waals surface area contributed by atoms with Crippen LogP contribution in [0.25, 0.3) is 0 Å². The summed E-state index contributed by atoms with van der Waals surface area (Å²) in [5, 5.41) is 11.1. The molecule has 0 radical (unpaired) electrons. The highest BCUT2D eigenvalue weighted by Gasteiger charge is 2.36. The molecule has 1 rings (SSSR count). The molecular formula is C17H23NO6. The van der Waals surface area contributed by atoms with Gasteiger partial charge in [0.1, 0.15) is 0 Å². The van der Waals surface area contributed by atoms with Gasteiger partial charge in [-0.25, -0.2) is 0 Å². The van der Waals surface area contributed by atoms with Crippen molar-refractivity contribution < 1.29 is 24.0 Å². The smallest absolute Gasteiger partial charge is 0.310 e. The van der Waals surface area contributed by atoms with Gasteiger partial charge in [0, 0.05) is 4.92 Å². The zero-order valence-corrected chi connectivity index (χ0v) is 14.2. The van der Waals surface area contributed by atoms with E-state index in [1.54, 1.807) is 26.0 Å². The van der Waals surface area contributed by atoms with Crippen LogP contribution < -0.4 is 0 Å². The van der Waals surface area contributed by atoms with Gasteiger partial charge in [0.25, 0.3) is 0 Å². The Hall–Kier alpha value is -2.44. The molecule has 24 heavy (non-hydrogen) atoms. The van der Waals surface area contributed by atoms with Crippen LogP contribution in [-0.4, -0.2) is 36.6 Å². The number of nitro groups is 1. The van der Waals surface area contributed by atoms with Crippen molar-refractivity contribution in [2.75, 3.05) is 19.8 Å². The van der Waals surface area contributed by atoms with E-state index in [1.807, 2.05) is 19.1 Å². The number of esters is 2. The van der Waals surface area contributed by atoms with Crippen LogP contribution in [0.15, 0.2) is 24.3 Å². The van der Waals surface area contributed by atoms with Crippen LogP contribution in [0.5, 0.6) is 0 Å². The van der Waals surface area contributed by atoms with Gasteiger partial charge >= 0.3 is 11.9 Å². The van der Waals surface area contributed by atoms with Gasteiger partial charge < -0.3 is 9.47 Å². The van der Waals surface area contributed by atoms with Crippen molar-refractivity contribution in [3.05, 3.63) is 45.5 Å². The van der Waals surface area contributed by atoms with E-state index in [-0.39, 0.29) is 19.6 Å². The van der Waals surface area contributed by atoms with Gasteiger partial charge in [0.2, 0.25) is 6.54 Å². The minimum absolute atomic E-state index is 0.136. The summed E-state index contributed by atoms with van der Waals surface area (Å²) in [6.07, 6.45) is -0.251. The highest BCUT2D eigenvalue weighted by atomic mass is 16.6. The summed E-state index contributed by atoms with van der Waals surface area (Å²) in [5.74, 6) is -2.92. The van der Waals surface area contributed by atoms with Crippen LogP contribution in [0.3, 0.4) is 0 Å². The Balaban J connectivity index is 3.16. The molecule has 132 valence electrons. The molecule has 1 aromatic rings. The van der Waals surface area contributed by atoms with Crippen molar-refractivity contribution in [3.8, 4) is 0 Å². The number of ether oxygens (including phenoxy) is 2. The third-order valence-corrected chi connectivity index (χ3v) is 3.62. The van der Waals surface area contributed by atoms with E-state index >= 15 is 0 Å². The maximum atomic E-state index is 12.3. The fraction of sp³-hybridized carbons (Fsp3) is 0.529. The molecule has 0 saturated carbocycles. The number of hydrogen-bond acceptors (Lipinski definition) is 6. The van der Waals surface area contributed by atoms with Crippen molar-refractivity contribution in [2.45, 2.75) is 33.1 Å². The Labute approximate surface area is 141 Å². The molecule has 7 heteroatoms. The Morgan fingerprint density at radius 1 is 1.12 bits per heavy atom. The van der Waals surface area contributed by atoms with Crippen molar-refractivity contribution in [2.24, 2.45) is 5.92 Å². The summed E-state index contributed by atoms with van der Waals surface area (Å²) in [6.45, 7) is 5.05. The number of rotatable bonds is 9. The summed E-state index contributed by atoms with van der Waals surface area (Å²) in [7, 11) is 0. The van der Waals surface area contributed by atoms with E-state index in [1.165, 1.54) is 0 Å². The molecule has 0 heterocycles. The fourth-order valence-electron chi connectivity index (χ4n) is 2.48. The Morgan fingerprint density at radius 2 is 1.71 bits per heavy atom. The molecule has 0 fully saturated rings. The maximum Gasteiger partial charge on any atom is 0.310 e. The van der Waals surface area contributed by atoms with E-state index in [4.69, 9.17) is 9.47 Å². The molecule has 7 nitrogen and oxygen atoms in total. The minimum atomic E-state index is -0.961. The molecular weight excluding hydrogens is 314 g/mol. The summed E-state index contributed by atoms with van der Waals surface area (Å²) in [4.78, 5) is 34.7. The first-order chi connectivity index (χ1) is 11.4. The normalized spacial score (nSPS) is 13.0. The average molecular weight is 337 g/mol. The molecule has 0 aliphatic carbocycles. The second kappa shape index (κ2) is 9.64. The highest BCUT2D eigenvalue weighted by molar-refractivity contribution is 5.81. The van der Waals surface area contributed by atoms with Gasteiger partial charge in [-0.3, -0.25) is 19.7 Å². The highest BCUT2D eigenvalue weighted by Crippen LogP contribution is 2.29. The van der Waals surface area contributed by atoms with Crippen molar-refractivity contribution in [3.63, 3.8) is 0 Å². The maximum absolute atomic E-state index is 12.3. The summed E-state index contributed by atoms with van der Waals surface area (Å²) in [6, 6.07) is 7.10. The number of carbonyl (C=O) groups excluding carboxylic acids is 2. The fourth-order valence-corrected chi connectivity index (χ4v) is 2.48. The average Bonchev–Trinajstić information content (AvgIpc) is 2.52. The van der Waals surface area contributed by atoms with Crippen LogP contribution in [0.2, 0.25) is 0 Å². The van der Waals surface area contributed by atoms with Gasteiger partial charge in [-0.15, -0.1) is 0 Å². The van der Waals surface area contributed by atoms with E-state index in [0.29, 0.717) is 5.56 Å². The number of hydrogen-bond donors (Lipinski definition) is 0. The minimum Gasteiger partial charge on any atom is -0.466 e. The van der Waals surface area contributed by atoms with Gasteiger partial charge in [-0.05, 0) is 26.3 Å². The lowest BCUT2D eigenvalue weighted by atomic mass is 9.83. The number of aryl methyl sites for hydroxylation is 1. The van der Waals surface area contributed by atoms with E-state index in [9.17, 15) is 19.7 Å². The van der Waals surface area contributed by atoms with Crippen LogP contribution >= 0.6 is 0 Å². The summed E-state index contributed by atoms with van der Waals surface area (Å²) < 4.78 is 9.92. The lowest BCUT2D eigenvalue weighted by molar-refractivity contribution is -0.484. The number of nitrogens with zero attached hydrogens (tertiary/aromatic N) is 1. The zero-order chi connectivity index (χ0) is 18.1. The van der Waals surface area contributed by atoms with Gasteiger partial charge in [-0.1, -0.05) is 29.8 Å². The molecule has 0 aliphatic rings. The third-order valence-electron chi connectivity index (χ3n) is 3.62. The Bertz CT molecular complexity index is 569. The topological polar surface area (TPSA) is 95.7 Å². The third kappa shape index (κ3) is 5.98. The van der Waals surface area contributed by atoms with Crippen molar-refractivity contribution >= 4 is 11.9 Å². The summed E-state index contributed by atoms with van der Waals surface area (Å²) >= 11 is 0. The molecule has 0 amide bonds. The largest absolute Gasteiger partial charge is 0.466 e. The molecule has 2 atom stereocenters. The molecule has 0 spiro atoms. The molecule has 0 aliphatic heterocycles. The quantitative estimate of drug-likeness (QED) is 0.390. The monoisotopic (exact) mass is 337 g/mol. The van der Waals surface area contributed by atoms with Crippen LogP contribution in [0, 0.1) is 23.0 Å². The van der Waals surface area contributed by atoms with Gasteiger partial charge in [0.15, 0.2) is 0 Å². The molecule has 0 bridgehead atoms. The van der Waals surface area contributed by atoms with Crippen LogP contribution in [-0.2, 0) is 19.1 Å². The lowest BCUT2D eigenvalue weighted by Crippen LogP contribution is -2.31. The van der Waals surface area contributed by atoms with E-state index in [0.717, 1.165) is 5.56 Å². The van der Waals surface area contributed by atoms with E-state index < -0.39 is 35.2 Å². The predicted molar refractivity (Wildman–Crippen MR) is 87.2 cm³/mol.